The number of aromatic nitrogens is 5. The van der Waals surface area contributed by atoms with E-state index >= 15 is 4.39 Å². The summed E-state index contributed by atoms with van der Waals surface area (Å²) in [4.78, 5) is 12.1. The van der Waals surface area contributed by atoms with Crippen molar-refractivity contribution in [3.8, 4) is 22.9 Å². The van der Waals surface area contributed by atoms with Crippen LogP contribution in [-0.4, -0.2) is 51.1 Å². The van der Waals surface area contributed by atoms with Gasteiger partial charge in [-0.25, -0.2) is 4.39 Å². The van der Waals surface area contributed by atoms with E-state index in [9.17, 15) is 5.26 Å². The fourth-order valence-corrected chi connectivity index (χ4v) is 4.04. The Labute approximate surface area is 194 Å². The summed E-state index contributed by atoms with van der Waals surface area (Å²) in [6, 6.07) is 5.28. The Bertz CT molecular complexity index is 1380. The lowest BCUT2D eigenvalue weighted by Crippen LogP contribution is -2.28. The molecule has 34 heavy (non-hydrogen) atoms. The Morgan fingerprint density at radius 1 is 1.29 bits per heavy atom. The molecule has 1 aromatic carbocycles. The number of hydrogen-bond acceptors (Lipinski definition) is 8. The standard InChI is InChI=1S/C23H23FN8O2/c1-32-12-14(11-27-32)16-7-19(33-2)18(8-17(16)24)29-23-30-21-20(13(9-25)10-26-21)22(31-23)28-15-3-5-34-6-4-15/h7-8,10-12,15H,3-6H2,1-2H3,(H3,26,28,29,30,31). The molecule has 3 N–H and O–H groups in total. The molecular weight excluding hydrogens is 439 g/mol. The topological polar surface area (TPSA) is 126 Å². The summed E-state index contributed by atoms with van der Waals surface area (Å²) in [5.74, 6) is 0.750. The maximum Gasteiger partial charge on any atom is 0.231 e. The third-order valence-corrected chi connectivity index (χ3v) is 5.77. The third-order valence-electron chi connectivity index (χ3n) is 5.77. The molecule has 4 aromatic rings. The molecule has 0 aliphatic carbocycles. The molecule has 0 saturated carbocycles. The van der Waals surface area contributed by atoms with E-state index in [1.807, 2.05) is 0 Å². The number of methoxy groups -OCH3 is 1. The number of nitrogens with one attached hydrogen (secondary N) is 3. The van der Waals surface area contributed by atoms with Gasteiger partial charge in [0.05, 0.1) is 29.9 Å². The molecule has 0 unspecified atom stereocenters. The molecule has 3 aromatic heterocycles. The first kappa shape index (κ1) is 21.7. The highest BCUT2D eigenvalue weighted by molar-refractivity contribution is 5.94. The van der Waals surface area contributed by atoms with Crippen LogP contribution in [0.25, 0.3) is 22.2 Å². The summed E-state index contributed by atoms with van der Waals surface area (Å²) in [5.41, 5.74) is 2.32. The van der Waals surface area contributed by atoms with Gasteiger partial charge in [-0.3, -0.25) is 4.68 Å². The molecule has 0 atom stereocenters. The maximum atomic E-state index is 15.0. The Balaban J connectivity index is 1.52. The number of hydrogen-bond donors (Lipinski definition) is 3. The second kappa shape index (κ2) is 8.99. The molecule has 0 radical (unpaired) electrons. The molecule has 5 rings (SSSR count). The molecule has 1 saturated heterocycles. The number of benzene rings is 1. The quantitative estimate of drug-likeness (QED) is 0.396. The van der Waals surface area contributed by atoms with E-state index in [0.29, 0.717) is 58.2 Å². The SMILES string of the molecule is COc1cc(-c2cnn(C)c2)c(F)cc1Nc1nc(NC2CCOCC2)c2c(C#N)c[nH]c2n1. The minimum absolute atomic E-state index is 0.159. The van der Waals surface area contributed by atoms with Crippen molar-refractivity contribution in [3.63, 3.8) is 0 Å². The normalized spacial score (nSPS) is 14.2. The second-order valence-corrected chi connectivity index (χ2v) is 8.02. The van der Waals surface area contributed by atoms with Gasteiger partial charge < -0.3 is 25.1 Å². The number of fused-ring (bicyclic) bond motifs is 1. The summed E-state index contributed by atoms with van der Waals surface area (Å²) in [6.07, 6.45) is 6.58. The van der Waals surface area contributed by atoms with Gasteiger partial charge in [-0.2, -0.15) is 20.3 Å². The molecule has 0 amide bonds. The summed E-state index contributed by atoms with van der Waals surface area (Å²) in [5, 5.41) is 20.7. The first-order chi connectivity index (χ1) is 16.6. The summed E-state index contributed by atoms with van der Waals surface area (Å²) < 4.78 is 27.6. The smallest absolute Gasteiger partial charge is 0.231 e. The summed E-state index contributed by atoms with van der Waals surface area (Å²) in [6.45, 7) is 1.32. The Kier molecular flexibility index (Phi) is 5.73. The van der Waals surface area contributed by atoms with Crippen molar-refractivity contribution in [2.75, 3.05) is 31.0 Å². The average molecular weight is 462 g/mol. The fourth-order valence-electron chi connectivity index (χ4n) is 4.04. The zero-order valence-corrected chi connectivity index (χ0v) is 18.7. The molecule has 0 spiro atoms. The molecule has 10 nitrogen and oxygen atoms in total. The number of ether oxygens (including phenoxy) is 2. The molecule has 1 aliphatic heterocycles. The van der Waals surface area contributed by atoms with Crippen molar-refractivity contribution in [1.82, 2.24) is 24.7 Å². The minimum atomic E-state index is -0.440. The number of aromatic amines is 1. The van der Waals surface area contributed by atoms with Crippen molar-refractivity contribution < 1.29 is 13.9 Å². The van der Waals surface area contributed by atoms with Gasteiger partial charge in [0.15, 0.2) is 0 Å². The molecule has 174 valence electrons. The Hall–Kier alpha value is -4.17. The van der Waals surface area contributed by atoms with Crippen LogP contribution in [0.3, 0.4) is 0 Å². The number of aryl methyl sites for hydroxylation is 1. The zero-order chi connectivity index (χ0) is 23.7. The number of H-pyrrole nitrogens is 1. The largest absolute Gasteiger partial charge is 0.495 e. The number of rotatable bonds is 6. The van der Waals surface area contributed by atoms with Gasteiger partial charge in [0.2, 0.25) is 5.95 Å². The van der Waals surface area contributed by atoms with E-state index in [-0.39, 0.29) is 12.0 Å². The van der Waals surface area contributed by atoms with E-state index in [1.165, 1.54) is 13.2 Å². The van der Waals surface area contributed by atoms with E-state index < -0.39 is 5.82 Å². The summed E-state index contributed by atoms with van der Waals surface area (Å²) >= 11 is 0. The van der Waals surface area contributed by atoms with Gasteiger partial charge in [0.25, 0.3) is 0 Å². The van der Waals surface area contributed by atoms with Crippen LogP contribution >= 0.6 is 0 Å². The molecule has 4 heterocycles. The highest BCUT2D eigenvalue weighted by Gasteiger charge is 2.20. The van der Waals surface area contributed by atoms with E-state index in [4.69, 9.17) is 9.47 Å². The first-order valence-electron chi connectivity index (χ1n) is 10.8. The average Bonchev–Trinajstić information content (AvgIpc) is 3.46. The van der Waals surface area contributed by atoms with E-state index in [2.05, 4.69) is 36.8 Å². The van der Waals surface area contributed by atoms with Crippen molar-refractivity contribution in [2.24, 2.45) is 7.05 Å². The predicted molar refractivity (Wildman–Crippen MR) is 125 cm³/mol. The maximum absolute atomic E-state index is 15.0. The lowest BCUT2D eigenvalue weighted by atomic mass is 10.1. The minimum Gasteiger partial charge on any atom is -0.495 e. The predicted octanol–water partition coefficient (Wildman–Crippen LogP) is 3.71. The van der Waals surface area contributed by atoms with E-state index in [0.717, 1.165) is 12.8 Å². The van der Waals surface area contributed by atoms with Crippen LogP contribution < -0.4 is 15.4 Å². The van der Waals surface area contributed by atoms with Crippen LogP contribution in [0, 0.1) is 17.1 Å². The molecule has 0 bridgehead atoms. The monoisotopic (exact) mass is 462 g/mol. The van der Waals surface area contributed by atoms with Crippen molar-refractivity contribution in [1.29, 1.82) is 5.26 Å². The first-order valence-corrected chi connectivity index (χ1v) is 10.8. The highest BCUT2D eigenvalue weighted by atomic mass is 19.1. The van der Waals surface area contributed by atoms with Crippen LogP contribution in [0.4, 0.5) is 21.8 Å². The number of anilines is 3. The summed E-state index contributed by atoms with van der Waals surface area (Å²) in [7, 11) is 3.28. The van der Waals surface area contributed by atoms with Gasteiger partial charge in [-0.1, -0.05) is 0 Å². The van der Waals surface area contributed by atoms with Crippen molar-refractivity contribution in [2.45, 2.75) is 18.9 Å². The fraction of sp³-hybridized carbons (Fsp3) is 0.304. The van der Waals surface area contributed by atoms with E-state index in [1.54, 1.807) is 36.4 Å². The number of nitriles is 1. The number of nitrogens with zero attached hydrogens (tertiary/aromatic N) is 5. The van der Waals surface area contributed by atoms with Crippen LogP contribution in [0.5, 0.6) is 5.75 Å². The van der Waals surface area contributed by atoms with Gasteiger partial charge in [-0.15, -0.1) is 0 Å². The van der Waals surface area contributed by atoms with Gasteiger partial charge in [0.1, 0.15) is 29.1 Å². The molecule has 1 aliphatic rings. The Morgan fingerprint density at radius 3 is 2.82 bits per heavy atom. The number of halogens is 1. The lowest BCUT2D eigenvalue weighted by Gasteiger charge is -2.24. The second-order valence-electron chi connectivity index (χ2n) is 8.02. The van der Waals surface area contributed by atoms with Gasteiger partial charge >= 0.3 is 0 Å². The van der Waals surface area contributed by atoms with Crippen LogP contribution in [-0.2, 0) is 11.8 Å². The van der Waals surface area contributed by atoms with Crippen molar-refractivity contribution in [3.05, 3.63) is 42.1 Å². The third kappa shape index (κ3) is 4.11. The van der Waals surface area contributed by atoms with Crippen molar-refractivity contribution >= 4 is 28.5 Å². The van der Waals surface area contributed by atoms with Crippen LogP contribution in [0.1, 0.15) is 18.4 Å². The van der Waals surface area contributed by atoms with Gasteiger partial charge in [-0.05, 0) is 18.9 Å². The van der Waals surface area contributed by atoms with Crippen LogP contribution in [0.2, 0.25) is 0 Å². The molecule has 1 fully saturated rings. The zero-order valence-electron chi connectivity index (χ0n) is 18.7. The van der Waals surface area contributed by atoms with Crippen LogP contribution in [0.15, 0.2) is 30.7 Å². The highest BCUT2D eigenvalue weighted by Crippen LogP contribution is 2.35. The Morgan fingerprint density at radius 2 is 2.12 bits per heavy atom. The molecule has 11 heteroatoms. The molecular formula is C23H23FN8O2. The lowest BCUT2D eigenvalue weighted by molar-refractivity contribution is 0.0904. The van der Waals surface area contributed by atoms with Gasteiger partial charge in [0, 0.05) is 55.9 Å².